The van der Waals surface area contributed by atoms with Crippen molar-refractivity contribution in [2.24, 2.45) is 0 Å². The van der Waals surface area contributed by atoms with Crippen LogP contribution in [0.5, 0.6) is 0 Å². The average Bonchev–Trinajstić information content (AvgIpc) is 2.19. The van der Waals surface area contributed by atoms with Crippen LogP contribution in [0.15, 0.2) is 24.3 Å². The number of hydrogen-bond acceptors (Lipinski definition) is 2. The fraction of sp³-hybridized carbons (Fsp3) is 0.300. The summed E-state index contributed by atoms with van der Waals surface area (Å²) in [6, 6.07) is 8.86. The van der Waals surface area contributed by atoms with E-state index in [2.05, 4.69) is 90.9 Å². The summed E-state index contributed by atoms with van der Waals surface area (Å²) in [5.74, 6) is 0. The summed E-state index contributed by atoms with van der Waals surface area (Å²) in [5, 5.41) is 6.95. The molecule has 0 unspecified atom stereocenters. The van der Waals surface area contributed by atoms with Crippen molar-refractivity contribution in [2.45, 2.75) is 19.9 Å². The minimum absolute atomic E-state index is 0.331. The first kappa shape index (κ1) is 14.0. The normalized spacial score (nSPS) is 12.5. The number of benzene rings is 1. The van der Waals surface area contributed by atoms with E-state index in [1.807, 2.05) is 0 Å². The molecule has 0 spiro atoms. The predicted octanol–water partition coefficient (Wildman–Crippen LogP) is 3.22. The summed E-state index contributed by atoms with van der Waals surface area (Å²) in [7, 11) is 0. The zero-order chi connectivity index (χ0) is 11.3. The third-order valence-corrected chi connectivity index (χ3v) is 7.13. The van der Waals surface area contributed by atoms with Crippen LogP contribution in [0.1, 0.15) is 13.8 Å². The van der Waals surface area contributed by atoms with Crippen LogP contribution in [-0.4, -0.2) is 10.3 Å². The Kier molecular flexibility index (Phi) is 6.86. The van der Waals surface area contributed by atoms with Crippen molar-refractivity contribution in [3.8, 4) is 0 Å². The van der Waals surface area contributed by atoms with Gasteiger partial charge >= 0.3 is 124 Å². The number of rotatable bonds is 4. The van der Waals surface area contributed by atoms with Crippen molar-refractivity contribution in [2.75, 3.05) is 5.32 Å². The van der Waals surface area contributed by atoms with E-state index in [1.54, 1.807) is 0 Å². The Bertz CT molecular complexity index is 353. The molecule has 2 nitrogen and oxygen atoms in total. The molecule has 0 aromatic heterocycles. The number of anilines is 1. The Morgan fingerprint density at radius 2 is 2.00 bits per heavy atom. The molecule has 0 saturated carbocycles. The first-order chi connectivity index (χ1) is 7.13. The van der Waals surface area contributed by atoms with Crippen LogP contribution in [0.4, 0.5) is 5.69 Å². The van der Waals surface area contributed by atoms with Crippen LogP contribution >= 0.6 is 42.1 Å². The molecule has 0 fully saturated rings. The third-order valence-electron chi connectivity index (χ3n) is 1.61. The van der Waals surface area contributed by atoms with E-state index in [0.717, 1.165) is 0 Å². The van der Waals surface area contributed by atoms with Gasteiger partial charge in [-0.2, -0.15) is 0 Å². The first-order valence-electron chi connectivity index (χ1n) is 4.54. The zero-order valence-corrected chi connectivity index (χ0v) is 15.6. The van der Waals surface area contributed by atoms with Crippen LogP contribution in [-0.2, 0) is 13.9 Å². The minimum atomic E-state index is -0.331. The van der Waals surface area contributed by atoms with Gasteiger partial charge in [-0.3, -0.25) is 0 Å². The van der Waals surface area contributed by atoms with Crippen molar-refractivity contribution >= 4 is 52.0 Å². The molecule has 0 heterocycles. The van der Waals surface area contributed by atoms with Crippen LogP contribution < -0.4 is 10.6 Å². The van der Waals surface area contributed by atoms with Gasteiger partial charge < -0.3 is 0 Å². The van der Waals surface area contributed by atoms with Gasteiger partial charge in [-0.25, -0.2) is 0 Å². The molecular formula is C10H13I2N2Re. The molecule has 2 N–H and O–H groups in total. The van der Waals surface area contributed by atoms with E-state index in [9.17, 15) is 0 Å². The Morgan fingerprint density at radius 3 is 2.53 bits per heavy atom. The number of nitrogens with one attached hydrogen (secondary N) is 2. The van der Waals surface area contributed by atoms with Gasteiger partial charge in [0.15, 0.2) is 0 Å². The first-order valence-corrected chi connectivity index (χ1v) is 14.7. The molecule has 0 aliphatic heterocycles. The molecule has 0 aliphatic carbocycles. The van der Waals surface area contributed by atoms with Crippen LogP contribution in [0, 0.1) is 3.57 Å². The SMILES string of the molecule is CC(C)N[C](Nc1ccccc1I)=[Re][I]. The van der Waals surface area contributed by atoms with Gasteiger partial charge in [-0.05, 0) is 0 Å². The topological polar surface area (TPSA) is 24.1 Å². The van der Waals surface area contributed by atoms with E-state index < -0.39 is 0 Å². The molecule has 15 heavy (non-hydrogen) atoms. The van der Waals surface area contributed by atoms with Crippen LogP contribution in [0.25, 0.3) is 0 Å². The number of para-hydroxylation sites is 1. The Hall–Kier alpha value is 0.972. The Labute approximate surface area is 123 Å². The van der Waals surface area contributed by atoms with Gasteiger partial charge in [0.2, 0.25) is 0 Å². The van der Waals surface area contributed by atoms with Gasteiger partial charge in [-0.1, -0.05) is 0 Å². The molecule has 1 aromatic rings. The maximum atomic E-state index is 3.49. The quantitative estimate of drug-likeness (QED) is 0.519. The van der Waals surface area contributed by atoms with Crippen molar-refractivity contribution in [1.82, 2.24) is 5.32 Å². The summed E-state index contributed by atoms with van der Waals surface area (Å²) in [4.78, 5) is 0. The fourth-order valence-corrected chi connectivity index (χ4v) is 4.76. The van der Waals surface area contributed by atoms with E-state index in [0.29, 0.717) is 6.04 Å². The summed E-state index contributed by atoms with van der Waals surface area (Å²) in [6.45, 7) is 4.33. The maximum absolute atomic E-state index is 3.49. The summed E-state index contributed by atoms with van der Waals surface area (Å²) >= 11 is 4.53. The van der Waals surface area contributed by atoms with Crippen molar-refractivity contribution in [3.63, 3.8) is 0 Å². The summed E-state index contributed by atoms with van der Waals surface area (Å²) < 4.78 is 2.58. The predicted molar refractivity (Wildman–Crippen MR) is 80.1 cm³/mol. The van der Waals surface area contributed by atoms with Gasteiger partial charge in [0.1, 0.15) is 0 Å². The molecule has 0 bridgehead atoms. The molecule has 0 aliphatic rings. The van der Waals surface area contributed by atoms with Crippen molar-refractivity contribution in [1.29, 1.82) is 0 Å². The second-order valence-electron chi connectivity index (χ2n) is 3.29. The molecule has 0 amide bonds. The average molecular weight is 601 g/mol. The van der Waals surface area contributed by atoms with E-state index in [4.69, 9.17) is 0 Å². The van der Waals surface area contributed by atoms with E-state index in [-0.39, 0.29) is 13.9 Å². The monoisotopic (exact) mass is 602 g/mol. The fourth-order valence-electron chi connectivity index (χ4n) is 1.01. The van der Waals surface area contributed by atoms with Gasteiger partial charge in [0.05, 0.1) is 0 Å². The van der Waals surface area contributed by atoms with Gasteiger partial charge in [0, 0.05) is 0 Å². The number of halogens is 2. The standard InChI is InChI=1S/C10H13IN2.HI.Re/c1-8(2)12-7-13-10-6-4-3-5-9(10)11;;/h3-6,8,12-13H,1-2H3;1H;/q;;+1/p-1. The third kappa shape index (κ3) is 5.22. The van der Waals surface area contributed by atoms with Gasteiger partial charge in [0.25, 0.3) is 0 Å². The Balaban J connectivity index is 2.72. The van der Waals surface area contributed by atoms with Crippen LogP contribution in [0.2, 0.25) is 0 Å². The van der Waals surface area contributed by atoms with Gasteiger partial charge in [-0.15, -0.1) is 0 Å². The Morgan fingerprint density at radius 1 is 1.33 bits per heavy atom. The molecule has 0 atom stereocenters. The summed E-state index contributed by atoms with van der Waals surface area (Å²) in [5.41, 5.74) is 1.20. The zero-order valence-electron chi connectivity index (χ0n) is 8.52. The summed E-state index contributed by atoms with van der Waals surface area (Å²) in [6.07, 6.45) is 0. The second-order valence-corrected chi connectivity index (χ2v) is 9.66. The number of hydrogen-bond donors (Lipinski definition) is 2. The van der Waals surface area contributed by atoms with E-state index >= 15 is 0 Å². The van der Waals surface area contributed by atoms with Crippen molar-refractivity contribution in [3.05, 3.63) is 27.8 Å². The molecule has 84 valence electrons. The molecule has 1 rings (SSSR count). The molecule has 5 heteroatoms. The second kappa shape index (κ2) is 7.33. The van der Waals surface area contributed by atoms with E-state index in [1.165, 1.54) is 13.5 Å². The van der Waals surface area contributed by atoms with Crippen LogP contribution in [0.3, 0.4) is 0 Å². The molecule has 0 saturated heterocycles. The van der Waals surface area contributed by atoms with Crippen molar-refractivity contribution < 1.29 is 13.9 Å². The molecule has 1 aromatic carbocycles. The molecule has 0 radical (unpaired) electrons. The molecular weight excluding hydrogens is 588 g/mol.